The Hall–Kier alpha value is -2.17. The van der Waals surface area contributed by atoms with Gasteiger partial charge in [0.05, 0.1) is 0 Å². The molecule has 0 bridgehead atoms. The molecule has 0 radical (unpaired) electrons. The highest BCUT2D eigenvalue weighted by Crippen LogP contribution is 2.15. The molecule has 0 unspecified atom stereocenters. The van der Waals surface area contributed by atoms with Gasteiger partial charge in [-0.05, 0) is 12.1 Å². The van der Waals surface area contributed by atoms with Gasteiger partial charge in [0, 0.05) is 30.4 Å². The van der Waals surface area contributed by atoms with E-state index < -0.39 is 0 Å². The molecule has 0 fully saturated rings. The molecule has 2 aromatic rings. The SMILES string of the molecule is NC(=O)Cn1ccnc1-c1ccncc1. The van der Waals surface area contributed by atoms with Crippen molar-refractivity contribution in [3.05, 3.63) is 36.9 Å². The second kappa shape index (κ2) is 3.91. The summed E-state index contributed by atoms with van der Waals surface area (Å²) in [6.07, 6.45) is 6.72. The fourth-order valence-electron chi connectivity index (χ4n) is 1.37. The molecule has 76 valence electrons. The summed E-state index contributed by atoms with van der Waals surface area (Å²) in [5.41, 5.74) is 6.04. The molecule has 2 N–H and O–H groups in total. The lowest BCUT2D eigenvalue weighted by atomic mass is 10.2. The van der Waals surface area contributed by atoms with Gasteiger partial charge < -0.3 is 10.3 Å². The Morgan fingerprint density at radius 1 is 1.33 bits per heavy atom. The van der Waals surface area contributed by atoms with E-state index in [0.717, 1.165) is 11.4 Å². The number of hydrogen-bond donors (Lipinski definition) is 1. The zero-order valence-electron chi connectivity index (χ0n) is 8.00. The first-order valence-corrected chi connectivity index (χ1v) is 4.47. The Morgan fingerprint density at radius 3 is 2.73 bits per heavy atom. The normalized spacial score (nSPS) is 10.1. The molecular formula is C10H10N4O. The van der Waals surface area contributed by atoms with E-state index in [2.05, 4.69) is 9.97 Å². The van der Waals surface area contributed by atoms with E-state index in [-0.39, 0.29) is 12.5 Å². The molecule has 0 aliphatic carbocycles. The van der Waals surface area contributed by atoms with Crippen LogP contribution in [0.2, 0.25) is 0 Å². The lowest BCUT2D eigenvalue weighted by Gasteiger charge is -2.04. The number of carbonyl (C=O) groups is 1. The number of primary amides is 1. The zero-order valence-corrected chi connectivity index (χ0v) is 8.00. The third-order valence-corrected chi connectivity index (χ3v) is 1.98. The molecular weight excluding hydrogens is 192 g/mol. The van der Waals surface area contributed by atoms with Gasteiger partial charge in [0.1, 0.15) is 12.4 Å². The molecule has 0 saturated heterocycles. The summed E-state index contributed by atoms with van der Waals surface area (Å²) < 4.78 is 1.71. The minimum atomic E-state index is -0.386. The van der Waals surface area contributed by atoms with E-state index >= 15 is 0 Å². The van der Waals surface area contributed by atoms with Crippen LogP contribution in [0.1, 0.15) is 0 Å². The number of nitrogens with two attached hydrogens (primary N) is 1. The Labute approximate surface area is 86.6 Å². The first-order chi connectivity index (χ1) is 7.27. The van der Waals surface area contributed by atoms with Gasteiger partial charge in [0.25, 0.3) is 0 Å². The van der Waals surface area contributed by atoms with Crippen LogP contribution < -0.4 is 5.73 Å². The van der Waals surface area contributed by atoms with E-state index in [1.54, 1.807) is 29.4 Å². The highest BCUT2D eigenvalue weighted by molar-refractivity contribution is 5.74. The summed E-state index contributed by atoms with van der Waals surface area (Å²) in [6.45, 7) is 0.137. The van der Waals surface area contributed by atoms with E-state index in [9.17, 15) is 4.79 Å². The highest BCUT2D eigenvalue weighted by atomic mass is 16.1. The van der Waals surface area contributed by atoms with Gasteiger partial charge in [-0.15, -0.1) is 0 Å². The van der Waals surface area contributed by atoms with Crippen LogP contribution in [0.5, 0.6) is 0 Å². The van der Waals surface area contributed by atoms with Gasteiger partial charge in [-0.1, -0.05) is 0 Å². The molecule has 0 aromatic carbocycles. The fraction of sp³-hybridized carbons (Fsp3) is 0.100. The molecule has 2 aromatic heterocycles. The van der Waals surface area contributed by atoms with Crippen LogP contribution >= 0.6 is 0 Å². The molecule has 0 spiro atoms. The van der Waals surface area contributed by atoms with Crippen LogP contribution in [0.25, 0.3) is 11.4 Å². The van der Waals surface area contributed by atoms with Crippen LogP contribution in [0.15, 0.2) is 36.9 Å². The Morgan fingerprint density at radius 2 is 2.07 bits per heavy atom. The summed E-state index contributed by atoms with van der Waals surface area (Å²) in [5.74, 6) is 0.333. The maximum atomic E-state index is 10.8. The van der Waals surface area contributed by atoms with Crippen molar-refractivity contribution >= 4 is 5.91 Å². The molecule has 5 nitrogen and oxygen atoms in total. The summed E-state index contributed by atoms with van der Waals surface area (Å²) in [4.78, 5) is 18.9. The second-order valence-electron chi connectivity index (χ2n) is 3.08. The Kier molecular flexibility index (Phi) is 2.45. The number of imidazole rings is 1. The number of carbonyl (C=O) groups excluding carboxylic acids is 1. The number of amides is 1. The molecule has 0 aliphatic rings. The quantitative estimate of drug-likeness (QED) is 0.784. The van der Waals surface area contributed by atoms with Crippen LogP contribution in [0.4, 0.5) is 0 Å². The van der Waals surface area contributed by atoms with Crippen molar-refractivity contribution in [2.24, 2.45) is 5.73 Å². The maximum absolute atomic E-state index is 10.8. The monoisotopic (exact) mass is 202 g/mol. The summed E-state index contributed by atoms with van der Waals surface area (Å²) in [7, 11) is 0. The average molecular weight is 202 g/mol. The third-order valence-electron chi connectivity index (χ3n) is 1.98. The zero-order chi connectivity index (χ0) is 10.7. The van der Waals surface area contributed by atoms with Crippen LogP contribution in [0, 0.1) is 0 Å². The number of hydrogen-bond acceptors (Lipinski definition) is 3. The van der Waals surface area contributed by atoms with Crippen LogP contribution in [0.3, 0.4) is 0 Å². The molecule has 0 aliphatic heterocycles. The van der Waals surface area contributed by atoms with Crippen molar-refractivity contribution in [2.45, 2.75) is 6.54 Å². The minimum Gasteiger partial charge on any atom is -0.368 e. The number of nitrogens with zero attached hydrogens (tertiary/aromatic N) is 3. The van der Waals surface area contributed by atoms with E-state index in [4.69, 9.17) is 5.73 Å². The average Bonchev–Trinajstić information content (AvgIpc) is 2.66. The first-order valence-electron chi connectivity index (χ1n) is 4.47. The summed E-state index contributed by atoms with van der Waals surface area (Å²) >= 11 is 0. The van der Waals surface area contributed by atoms with Crippen molar-refractivity contribution in [3.8, 4) is 11.4 Å². The van der Waals surface area contributed by atoms with Crippen LogP contribution in [-0.2, 0) is 11.3 Å². The summed E-state index contributed by atoms with van der Waals surface area (Å²) in [5, 5.41) is 0. The minimum absolute atomic E-state index is 0.137. The molecule has 5 heteroatoms. The largest absolute Gasteiger partial charge is 0.368 e. The third kappa shape index (κ3) is 2.01. The van der Waals surface area contributed by atoms with Gasteiger partial charge >= 0.3 is 0 Å². The van der Waals surface area contributed by atoms with Crippen LogP contribution in [-0.4, -0.2) is 20.4 Å². The molecule has 2 heterocycles. The smallest absolute Gasteiger partial charge is 0.237 e. The van der Waals surface area contributed by atoms with Crippen molar-refractivity contribution in [2.75, 3.05) is 0 Å². The van der Waals surface area contributed by atoms with E-state index in [1.165, 1.54) is 0 Å². The van der Waals surface area contributed by atoms with Crippen molar-refractivity contribution in [3.63, 3.8) is 0 Å². The predicted molar refractivity (Wildman–Crippen MR) is 54.7 cm³/mol. The molecule has 15 heavy (non-hydrogen) atoms. The number of aromatic nitrogens is 3. The van der Waals surface area contributed by atoms with E-state index in [0.29, 0.717) is 0 Å². The first kappa shape index (κ1) is 9.39. The van der Waals surface area contributed by atoms with Gasteiger partial charge in [0.15, 0.2) is 0 Å². The molecule has 0 atom stereocenters. The second-order valence-corrected chi connectivity index (χ2v) is 3.08. The summed E-state index contributed by atoms with van der Waals surface area (Å²) in [6, 6.07) is 3.67. The van der Waals surface area contributed by atoms with Crippen molar-refractivity contribution < 1.29 is 4.79 Å². The lowest BCUT2D eigenvalue weighted by Crippen LogP contribution is -2.18. The van der Waals surface area contributed by atoms with Gasteiger partial charge in [-0.3, -0.25) is 9.78 Å². The highest BCUT2D eigenvalue weighted by Gasteiger charge is 2.06. The maximum Gasteiger partial charge on any atom is 0.237 e. The topological polar surface area (TPSA) is 73.8 Å². The number of rotatable bonds is 3. The van der Waals surface area contributed by atoms with Gasteiger partial charge in [0.2, 0.25) is 5.91 Å². The standard InChI is InChI=1S/C10H10N4O/c11-9(15)7-14-6-5-13-10(14)8-1-3-12-4-2-8/h1-6H,7H2,(H2,11,15). The molecule has 2 rings (SSSR count). The molecule has 1 amide bonds. The predicted octanol–water partition coefficient (Wildman–Crippen LogP) is 0.430. The number of pyridine rings is 1. The van der Waals surface area contributed by atoms with E-state index in [1.807, 2.05) is 12.1 Å². The lowest BCUT2D eigenvalue weighted by molar-refractivity contribution is -0.118. The van der Waals surface area contributed by atoms with Crippen molar-refractivity contribution in [1.29, 1.82) is 0 Å². The van der Waals surface area contributed by atoms with Crippen molar-refractivity contribution in [1.82, 2.24) is 14.5 Å². The Balaban J connectivity index is 2.37. The van der Waals surface area contributed by atoms with Gasteiger partial charge in [-0.2, -0.15) is 0 Å². The fourth-order valence-corrected chi connectivity index (χ4v) is 1.37. The Bertz CT molecular complexity index is 463. The van der Waals surface area contributed by atoms with Gasteiger partial charge in [-0.25, -0.2) is 4.98 Å². The molecule has 0 saturated carbocycles.